The molecular weight excluding hydrogens is 330 g/mol. The number of rotatable bonds is 5. The van der Waals surface area contributed by atoms with Crippen LogP contribution in [0, 0.1) is 12.8 Å². The van der Waals surface area contributed by atoms with E-state index in [1.165, 1.54) is 0 Å². The monoisotopic (exact) mass is 353 g/mol. The lowest BCUT2D eigenvalue weighted by atomic mass is 9.95. The van der Waals surface area contributed by atoms with Crippen molar-refractivity contribution in [3.05, 3.63) is 54.4 Å². The van der Waals surface area contributed by atoms with Gasteiger partial charge in [-0.05, 0) is 44.0 Å². The summed E-state index contributed by atoms with van der Waals surface area (Å²) in [7, 11) is 0. The van der Waals surface area contributed by atoms with E-state index in [2.05, 4.69) is 10.3 Å². The quantitative estimate of drug-likeness (QED) is 0.897. The number of amides is 2. The number of carbonyl (C=O) groups is 2. The number of nitrogens with zero attached hydrogens (tertiary/aromatic N) is 2. The van der Waals surface area contributed by atoms with E-state index in [9.17, 15) is 9.59 Å². The Labute approximate surface area is 153 Å². The van der Waals surface area contributed by atoms with Crippen LogP contribution in [-0.2, 0) is 9.59 Å². The summed E-state index contributed by atoms with van der Waals surface area (Å²) in [6, 6.07) is 12.9. The van der Waals surface area contributed by atoms with Gasteiger partial charge in [-0.3, -0.25) is 14.6 Å². The summed E-state index contributed by atoms with van der Waals surface area (Å²) in [6.45, 7) is 3.06. The molecule has 1 aromatic heterocycles. The van der Waals surface area contributed by atoms with Crippen LogP contribution in [-0.4, -0.2) is 41.4 Å². The normalized spacial score (nSPS) is 14.7. The van der Waals surface area contributed by atoms with Gasteiger partial charge in [0.25, 0.3) is 5.91 Å². The molecule has 26 heavy (non-hydrogen) atoms. The smallest absolute Gasteiger partial charge is 0.260 e. The number of benzene rings is 1. The number of pyridine rings is 1. The lowest BCUT2D eigenvalue weighted by Crippen LogP contribution is -2.43. The predicted octanol–water partition coefficient (Wildman–Crippen LogP) is 2.65. The fraction of sp³-hybridized carbons (Fsp3) is 0.350. The number of aromatic nitrogens is 1. The average Bonchev–Trinajstić information content (AvgIpc) is 2.67. The summed E-state index contributed by atoms with van der Waals surface area (Å²) in [6.07, 6.45) is 3.00. The highest BCUT2D eigenvalue weighted by Crippen LogP contribution is 2.20. The summed E-state index contributed by atoms with van der Waals surface area (Å²) in [5.41, 5.74) is 1.62. The largest absolute Gasteiger partial charge is 0.484 e. The van der Waals surface area contributed by atoms with Gasteiger partial charge in [0.1, 0.15) is 5.75 Å². The summed E-state index contributed by atoms with van der Waals surface area (Å²) >= 11 is 0. The Morgan fingerprint density at radius 1 is 1.19 bits per heavy atom. The Bertz CT molecular complexity index is 756. The number of hydrogen-bond donors (Lipinski definition) is 1. The van der Waals surface area contributed by atoms with Crippen molar-refractivity contribution in [2.24, 2.45) is 5.92 Å². The minimum atomic E-state index is -0.0810. The number of hydrogen-bond acceptors (Lipinski definition) is 4. The van der Waals surface area contributed by atoms with E-state index in [4.69, 9.17) is 4.74 Å². The number of nitrogens with one attached hydrogen (secondary N) is 1. The summed E-state index contributed by atoms with van der Waals surface area (Å²) in [5, 5.41) is 2.94. The second kappa shape index (κ2) is 8.47. The van der Waals surface area contributed by atoms with E-state index in [1.807, 2.05) is 43.3 Å². The SMILES string of the molecule is Cc1cc(NC(=O)C2CCN(C(=O)COc3ccccc3)CC2)ccn1. The molecule has 1 aromatic carbocycles. The summed E-state index contributed by atoms with van der Waals surface area (Å²) < 4.78 is 5.51. The van der Waals surface area contributed by atoms with Crippen LogP contribution in [0.3, 0.4) is 0 Å². The van der Waals surface area contributed by atoms with Crippen molar-refractivity contribution in [1.82, 2.24) is 9.88 Å². The highest BCUT2D eigenvalue weighted by Gasteiger charge is 2.27. The average molecular weight is 353 g/mol. The van der Waals surface area contributed by atoms with Crippen molar-refractivity contribution in [1.29, 1.82) is 0 Å². The van der Waals surface area contributed by atoms with Crippen LogP contribution >= 0.6 is 0 Å². The van der Waals surface area contributed by atoms with Crippen LogP contribution < -0.4 is 10.1 Å². The van der Waals surface area contributed by atoms with Gasteiger partial charge in [0, 0.05) is 36.6 Å². The van der Waals surface area contributed by atoms with Gasteiger partial charge in [0.15, 0.2) is 6.61 Å². The highest BCUT2D eigenvalue weighted by atomic mass is 16.5. The van der Waals surface area contributed by atoms with E-state index in [0.717, 1.165) is 11.4 Å². The first-order valence-corrected chi connectivity index (χ1v) is 8.81. The molecule has 136 valence electrons. The fourth-order valence-electron chi connectivity index (χ4n) is 3.01. The molecule has 2 aromatic rings. The number of aryl methyl sites for hydroxylation is 1. The zero-order chi connectivity index (χ0) is 18.4. The zero-order valence-corrected chi connectivity index (χ0v) is 14.9. The number of anilines is 1. The minimum Gasteiger partial charge on any atom is -0.484 e. The van der Waals surface area contributed by atoms with Gasteiger partial charge in [-0.15, -0.1) is 0 Å². The van der Waals surface area contributed by atoms with E-state index >= 15 is 0 Å². The van der Waals surface area contributed by atoms with Gasteiger partial charge in [0.2, 0.25) is 5.91 Å². The maximum Gasteiger partial charge on any atom is 0.260 e. The Kier molecular flexibility index (Phi) is 5.84. The van der Waals surface area contributed by atoms with Crippen molar-refractivity contribution in [2.45, 2.75) is 19.8 Å². The predicted molar refractivity (Wildman–Crippen MR) is 98.8 cm³/mol. The van der Waals surface area contributed by atoms with Gasteiger partial charge in [0.05, 0.1) is 0 Å². The topological polar surface area (TPSA) is 71.5 Å². The molecule has 3 rings (SSSR count). The van der Waals surface area contributed by atoms with Crippen molar-refractivity contribution < 1.29 is 14.3 Å². The van der Waals surface area contributed by atoms with Gasteiger partial charge in [-0.2, -0.15) is 0 Å². The highest BCUT2D eigenvalue weighted by molar-refractivity contribution is 5.92. The summed E-state index contributed by atoms with van der Waals surface area (Å²) in [4.78, 5) is 30.6. The Morgan fingerprint density at radius 2 is 1.92 bits per heavy atom. The molecule has 2 amide bonds. The molecule has 0 bridgehead atoms. The molecule has 0 atom stereocenters. The van der Waals surface area contributed by atoms with Gasteiger partial charge in [-0.1, -0.05) is 18.2 Å². The lowest BCUT2D eigenvalue weighted by Gasteiger charge is -2.31. The van der Waals surface area contributed by atoms with Gasteiger partial charge >= 0.3 is 0 Å². The number of carbonyl (C=O) groups excluding carboxylic acids is 2. The molecule has 1 aliphatic rings. The zero-order valence-electron chi connectivity index (χ0n) is 14.9. The maximum absolute atomic E-state index is 12.4. The molecule has 6 heteroatoms. The van der Waals surface area contributed by atoms with Crippen LogP contribution in [0.15, 0.2) is 48.7 Å². The second-order valence-corrected chi connectivity index (χ2v) is 6.43. The number of likely N-dealkylation sites (tertiary alicyclic amines) is 1. The van der Waals surface area contributed by atoms with Crippen LogP contribution in [0.2, 0.25) is 0 Å². The Morgan fingerprint density at radius 3 is 2.62 bits per heavy atom. The third kappa shape index (κ3) is 4.81. The molecule has 1 fully saturated rings. The van der Waals surface area contributed by atoms with Crippen LogP contribution in [0.5, 0.6) is 5.75 Å². The third-order valence-electron chi connectivity index (χ3n) is 4.49. The molecule has 6 nitrogen and oxygen atoms in total. The number of ether oxygens (including phenoxy) is 1. The minimum absolute atomic E-state index is 0.00299. The maximum atomic E-state index is 12.4. The molecule has 2 heterocycles. The van der Waals surface area contributed by atoms with Crippen LogP contribution in [0.1, 0.15) is 18.5 Å². The molecule has 0 saturated carbocycles. The lowest BCUT2D eigenvalue weighted by molar-refractivity contribution is -0.136. The van der Waals surface area contributed by atoms with Crippen molar-refractivity contribution >= 4 is 17.5 Å². The van der Waals surface area contributed by atoms with E-state index in [-0.39, 0.29) is 24.3 Å². The summed E-state index contributed by atoms with van der Waals surface area (Å²) in [5.74, 6) is 0.561. The molecule has 0 aliphatic carbocycles. The van der Waals surface area contributed by atoms with Crippen molar-refractivity contribution in [2.75, 3.05) is 25.0 Å². The third-order valence-corrected chi connectivity index (χ3v) is 4.49. The van der Waals surface area contributed by atoms with E-state index in [1.54, 1.807) is 17.2 Å². The first-order chi connectivity index (χ1) is 12.6. The number of para-hydroxylation sites is 1. The molecule has 1 N–H and O–H groups in total. The second-order valence-electron chi connectivity index (χ2n) is 6.43. The standard InChI is InChI=1S/C20H23N3O3/c1-15-13-17(7-10-21-15)22-20(25)16-8-11-23(12-9-16)19(24)14-26-18-5-3-2-4-6-18/h2-7,10,13,16H,8-9,11-12,14H2,1H3,(H,21,22,25). The molecule has 1 saturated heterocycles. The van der Waals surface area contributed by atoms with Gasteiger partial charge in [-0.25, -0.2) is 0 Å². The van der Waals surface area contributed by atoms with Crippen LogP contribution in [0.25, 0.3) is 0 Å². The van der Waals surface area contributed by atoms with Crippen LogP contribution in [0.4, 0.5) is 5.69 Å². The van der Waals surface area contributed by atoms with E-state index < -0.39 is 0 Å². The Balaban J connectivity index is 1.44. The fourth-order valence-corrected chi connectivity index (χ4v) is 3.01. The van der Waals surface area contributed by atoms with E-state index in [0.29, 0.717) is 31.7 Å². The molecule has 0 spiro atoms. The van der Waals surface area contributed by atoms with Gasteiger partial charge < -0.3 is 15.0 Å². The first kappa shape index (κ1) is 17.9. The first-order valence-electron chi connectivity index (χ1n) is 8.81. The Hall–Kier alpha value is -2.89. The molecular formula is C20H23N3O3. The molecule has 0 radical (unpaired) electrons. The van der Waals surface area contributed by atoms with Crippen molar-refractivity contribution in [3.8, 4) is 5.75 Å². The molecule has 1 aliphatic heterocycles. The van der Waals surface area contributed by atoms with Crippen molar-refractivity contribution in [3.63, 3.8) is 0 Å². The number of piperidine rings is 1. The molecule has 0 unspecified atom stereocenters.